The molecule has 0 heterocycles. The summed E-state index contributed by atoms with van der Waals surface area (Å²) < 4.78 is 0. The molecule has 0 radical (unpaired) electrons. The normalized spacial score (nSPS) is 10.2. The summed E-state index contributed by atoms with van der Waals surface area (Å²) >= 11 is 0. The summed E-state index contributed by atoms with van der Waals surface area (Å²) in [4.78, 5) is 12.0. The Labute approximate surface area is 113 Å². The lowest BCUT2D eigenvalue weighted by molar-refractivity contribution is 0.101. The lowest BCUT2D eigenvalue weighted by Gasteiger charge is -2.08. The van der Waals surface area contributed by atoms with Crippen molar-refractivity contribution in [1.82, 2.24) is 0 Å². The third-order valence-electron chi connectivity index (χ3n) is 3.17. The predicted octanol–water partition coefficient (Wildman–Crippen LogP) is 3.18. The molecule has 0 unspecified atom stereocenters. The smallest absolute Gasteiger partial charge is 0.181 e. The fourth-order valence-corrected chi connectivity index (χ4v) is 1.85. The molecule has 3 nitrogen and oxygen atoms in total. The number of aryl methyl sites for hydroxylation is 2. The zero-order valence-electron chi connectivity index (χ0n) is 11.2. The van der Waals surface area contributed by atoms with Gasteiger partial charge in [-0.3, -0.25) is 4.79 Å². The number of ketones is 1. The van der Waals surface area contributed by atoms with Crippen molar-refractivity contribution < 1.29 is 4.79 Å². The molecular formula is C16H18N2O. The highest BCUT2D eigenvalue weighted by atomic mass is 16.1. The first-order valence-electron chi connectivity index (χ1n) is 6.26. The van der Waals surface area contributed by atoms with Gasteiger partial charge < -0.3 is 11.1 Å². The van der Waals surface area contributed by atoms with Crippen LogP contribution in [0.1, 0.15) is 21.5 Å². The van der Waals surface area contributed by atoms with Crippen LogP contribution in [0.3, 0.4) is 0 Å². The van der Waals surface area contributed by atoms with Gasteiger partial charge >= 0.3 is 0 Å². The Morgan fingerprint density at radius 2 is 1.89 bits per heavy atom. The fourth-order valence-electron chi connectivity index (χ4n) is 1.85. The Kier molecular flexibility index (Phi) is 3.85. The molecule has 2 aromatic carbocycles. The summed E-state index contributed by atoms with van der Waals surface area (Å²) in [6.07, 6.45) is 0. The van der Waals surface area contributed by atoms with Gasteiger partial charge in [0.15, 0.2) is 5.78 Å². The molecular weight excluding hydrogens is 236 g/mol. The minimum atomic E-state index is 0.0329. The van der Waals surface area contributed by atoms with Crippen LogP contribution in [0, 0.1) is 13.8 Å². The number of rotatable bonds is 4. The van der Waals surface area contributed by atoms with E-state index >= 15 is 0 Å². The predicted molar refractivity (Wildman–Crippen MR) is 79.6 cm³/mol. The van der Waals surface area contributed by atoms with Crippen molar-refractivity contribution in [3.05, 3.63) is 59.2 Å². The average Bonchev–Trinajstić information content (AvgIpc) is 2.40. The molecule has 0 fully saturated rings. The number of carbonyl (C=O) groups excluding carboxylic acids is 1. The highest BCUT2D eigenvalue weighted by Gasteiger charge is 2.06. The highest BCUT2D eigenvalue weighted by molar-refractivity contribution is 5.99. The van der Waals surface area contributed by atoms with E-state index in [4.69, 9.17) is 5.73 Å². The lowest BCUT2D eigenvalue weighted by Crippen LogP contribution is -2.14. The maximum atomic E-state index is 12.0. The molecule has 0 saturated carbocycles. The Hall–Kier alpha value is -2.29. The van der Waals surface area contributed by atoms with Crippen molar-refractivity contribution in [2.45, 2.75) is 13.8 Å². The topological polar surface area (TPSA) is 55.1 Å². The SMILES string of the molecule is Cc1ccc(NCC(=O)c2cccc(N)c2)cc1C. The number of hydrogen-bond donors (Lipinski definition) is 2. The van der Waals surface area contributed by atoms with Crippen LogP contribution in [-0.4, -0.2) is 12.3 Å². The molecule has 19 heavy (non-hydrogen) atoms. The Morgan fingerprint density at radius 1 is 1.11 bits per heavy atom. The summed E-state index contributed by atoms with van der Waals surface area (Å²) in [7, 11) is 0. The van der Waals surface area contributed by atoms with Crippen molar-refractivity contribution in [3.8, 4) is 0 Å². The third kappa shape index (κ3) is 3.35. The number of hydrogen-bond acceptors (Lipinski definition) is 3. The van der Waals surface area contributed by atoms with Gasteiger partial charge in [-0.05, 0) is 49.2 Å². The molecule has 0 atom stereocenters. The number of benzene rings is 2. The van der Waals surface area contributed by atoms with Crippen molar-refractivity contribution in [2.75, 3.05) is 17.6 Å². The molecule has 2 aromatic rings. The first-order chi connectivity index (χ1) is 9.06. The monoisotopic (exact) mass is 254 g/mol. The maximum absolute atomic E-state index is 12.0. The quantitative estimate of drug-likeness (QED) is 0.651. The third-order valence-corrected chi connectivity index (χ3v) is 3.17. The van der Waals surface area contributed by atoms with Crippen LogP contribution in [0.25, 0.3) is 0 Å². The van der Waals surface area contributed by atoms with Gasteiger partial charge in [0.2, 0.25) is 0 Å². The van der Waals surface area contributed by atoms with Crippen LogP contribution >= 0.6 is 0 Å². The van der Waals surface area contributed by atoms with Crippen LogP contribution < -0.4 is 11.1 Å². The lowest BCUT2D eigenvalue weighted by atomic mass is 10.1. The van der Waals surface area contributed by atoms with Crippen LogP contribution in [0.2, 0.25) is 0 Å². The number of carbonyl (C=O) groups is 1. The summed E-state index contributed by atoms with van der Waals surface area (Å²) in [6.45, 7) is 4.39. The van der Waals surface area contributed by atoms with E-state index in [1.54, 1.807) is 24.3 Å². The molecule has 0 aliphatic carbocycles. The number of nitrogens with one attached hydrogen (secondary N) is 1. The molecule has 2 rings (SSSR count). The standard InChI is InChI=1S/C16H18N2O/c1-11-6-7-15(8-12(11)2)18-10-16(19)13-4-3-5-14(17)9-13/h3-9,18H,10,17H2,1-2H3. The van der Waals surface area contributed by atoms with Crippen LogP contribution in [-0.2, 0) is 0 Å². The van der Waals surface area contributed by atoms with Gasteiger partial charge in [0.25, 0.3) is 0 Å². The number of anilines is 2. The molecule has 3 heteroatoms. The highest BCUT2D eigenvalue weighted by Crippen LogP contribution is 2.14. The van der Waals surface area contributed by atoms with E-state index in [1.807, 2.05) is 18.2 Å². The molecule has 0 saturated heterocycles. The second kappa shape index (κ2) is 5.57. The van der Waals surface area contributed by atoms with E-state index in [0.29, 0.717) is 11.3 Å². The minimum absolute atomic E-state index is 0.0329. The molecule has 0 bridgehead atoms. The van der Waals surface area contributed by atoms with Gasteiger partial charge in [0.05, 0.1) is 6.54 Å². The van der Waals surface area contributed by atoms with Crippen molar-refractivity contribution in [2.24, 2.45) is 0 Å². The summed E-state index contributed by atoms with van der Waals surface area (Å²) in [5, 5.41) is 3.14. The van der Waals surface area contributed by atoms with E-state index in [9.17, 15) is 4.79 Å². The van der Waals surface area contributed by atoms with Gasteiger partial charge in [-0.15, -0.1) is 0 Å². The average molecular weight is 254 g/mol. The molecule has 0 spiro atoms. The first-order valence-corrected chi connectivity index (χ1v) is 6.26. The van der Waals surface area contributed by atoms with E-state index < -0.39 is 0 Å². The van der Waals surface area contributed by atoms with Gasteiger partial charge in [-0.1, -0.05) is 18.2 Å². The van der Waals surface area contributed by atoms with Gasteiger partial charge in [-0.2, -0.15) is 0 Å². The second-order valence-electron chi connectivity index (χ2n) is 4.70. The Morgan fingerprint density at radius 3 is 2.58 bits per heavy atom. The Bertz CT molecular complexity index is 605. The number of nitrogens with two attached hydrogens (primary N) is 1. The molecule has 98 valence electrons. The Balaban J connectivity index is 2.02. The van der Waals surface area contributed by atoms with Crippen molar-refractivity contribution in [1.29, 1.82) is 0 Å². The summed E-state index contributed by atoms with van der Waals surface area (Å²) in [5.41, 5.74) is 10.3. The number of Topliss-reactive ketones (excluding diaryl/α,β-unsaturated/α-hetero) is 1. The van der Waals surface area contributed by atoms with E-state index in [2.05, 4.69) is 19.2 Å². The summed E-state index contributed by atoms with van der Waals surface area (Å²) in [6, 6.07) is 13.1. The molecule has 0 aliphatic heterocycles. The van der Waals surface area contributed by atoms with Gasteiger partial charge in [-0.25, -0.2) is 0 Å². The van der Waals surface area contributed by atoms with Crippen molar-refractivity contribution >= 4 is 17.2 Å². The van der Waals surface area contributed by atoms with E-state index in [0.717, 1.165) is 5.69 Å². The summed E-state index contributed by atoms with van der Waals surface area (Å²) in [5.74, 6) is 0.0329. The maximum Gasteiger partial charge on any atom is 0.181 e. The van der Waals surface area contributed by atoms with Crippen LogP contribution in [0.15, 0.2) is 42.5 Å². The van der Waals surface area contributed by atoms with Gasteiger partial charge in [0.1, 0.15) is 0 Å². The largest absolute Gasteiger partial charge is 0.399 e. The molecule has 3 N–H and O–H groups in total. The minimum Gasteiger partial charge on any atom is -0.399 e. The van der Waals surface area contributed by atoms with Crippen molar-refractivity contribution in [3.63, 3.8) is 0 Å². The molecule has 0 aliphatic rings. The number of nitrogen functional groups attached to an aromatic ring is 1. The zero-order valence-corrected chi connectivity index (χ0v) is 11.2. The molecule has 0 aromatic heterocycles. The van der Waals surface area contributed by atoms with E-state index in [-0.39, 0.29) is 12.3 Å². The van der Waals surface area contributed by atoms with Crippen LogP contribution in [0.5, 0.6) is 0 Å². The van der Waals surface area contributed by atoms with Gasteiger partial charge in [0, 0.05) is 16.9 Å². The first kappa shape index (κ1) is 13.1. The van der Waals surface area contributed by atoms with Crippen LogP contribution in [0.4, 0.5) is 11.4 Å². The zero-order chi connectivity index (χ0) is 13.8. The fraction of sp³-hybridized carbons (Fsp3) is 0.188. The second-order valence-corrected chi connectivity index (χ2v) is 4.70. The van der Waals surface area contributed by atoms with E-state index in [1.165, 1.54) is 11.1 Å². The molecule has 0 amide bonds.